The van der Waals surface area contributed by atoms with E-state index in [9.17, 15) is 42.3 Å². The van der Waals surface area contributed by atoms with Gasteiger partial charge in [0, 0.05) is 186 Å². The van der Waals surface area contributed by atoms with Crippen molar-refractivity contribution in [3.63, 3.8) is 0 Å². The van der Waals surface area contributed by atoms with E-state index in [4.69, 9.17) is 20.5 Å². The Morgan fingerprint density at radius 2 is 0.782 bits per heavy atom. The summed E-state index contributed by atoms with van der Waals surface area (Å²) in [5.74, 6) is 69.1. The van der Waals surface area contributed by atoms with Gasteiger partial charge in [-0.2, -0.15) is 19.6 Å². The number of aromatic carboxylic acids is 1. The van der Waals surface area contributed by atoms with Crippen molar-refractivity contribution >= 4 is 148 Å². The molecule has 19 nitrogen and oxygen atoms in total. The van der Waals surface area contributed by atoms with E-state index in [2.05, 4.69) is 249 Å². The van der Waals surface area contributed by atoms with Crippen molar-refractivity contribution in [1.82, 2.24) is 33.3 Å². The average molecular weight is 2100 g/mol. The molecule has 16 rings (SSSR count). The number of esters is 2. The van der Waals surface area contributed by atoms with Crippen molar-refractivity contribution in [2.45, 2.75) is 122 Å². The van der Waals surface area contributed by atoms with Crippen LogP contribution in [-0.4, -0.2) is 112 Å². The van der Waals surface area contributed by atoms with E-state index in [-0.39, 0.29) is 94.5 Å². The number of ether oxygens (including phenoxy) is 2. The molecule has 0 atom stereocenters. The van der Waals surface area contributed by atoms with Crippen LogP contribution in [0.2, 0.25) is 0 Å². The largest absolute Gasteiger partial charge is 1.00 e. The molecule has 1 saturated heterocycles. The normalized spacial score (nSPS) is 11.1. The van der Waals surface area contributed by atoms with Crippen molar-refractivity contribution in [1.29, 1.82) is 0 Å². The number of carbonyl (C=O) groups excluding carboxylic acids is 4. The van der Waals surface area contributed by atoms with Crippen LogP contribution in [0, 0.1) is 231 Å². The summed E-state index contributed by atoms with van der Waals surface area (Å²) in [5.41, 5.74) is 15.6. The number of carboxylic acid groups (broad SMARTS) is 1. The molecule has 720 valence electrons. The molecule has 147 heavy (non-hydrogen) atoms. The van der Waals surface area contributed by atoms with Crippen LogP contribution in [-0.2, 0) is 47.7 Å². The van der Waals surface area contributed by atoms with Crippen LogP contribution in [0.4, 0.5) is 13.2 Å². The van der Waals surface area contributed by atoms with E-state index in [0.29, 0.717) is 28.9 Å². The number of nitrogens with zero attached hydrogens (tertiary/aromatic N) is 8. The molecular weight excluding hydrogens is 2010 g/mol. The fourth-order valence-electron chi connectivity index (χ4n) is 14.8. The zero-order valence-corrected chi connectivity index (χ0v) is 88.2. The molecule has 5 aromatic heterocycles. The molecule has 0 bridgehead atoms. The smallest absolute Gasteiger partial charge is 0.870 e. The molecule has 2 aliphatic heterocycles. The van der Waals surface area contributed by atoms with Crippen molar-refractivity contribution in [3.8, 4) is 217 Å². The van der Waals surface area contributed by atoms with Gasteiger partial charge in [0.25, 0.3) is 11.8 Å². The minimum Gasteiger partial charge on any atom is -0.870 e. The average Bonchev–Trinajstić information content (AvgIpc) is 1.57. The molecule has 0 amide bonds. The number of rotatable bonds is 9. The molecule has 7 heterocycles. The van der Waals surface area contributed by atoms with Crippen LogP contribution in [0.1, 0.15) is 152 Å². The topological polar surface area (TPSA) is 235 Å². The zero-order valence-electron chi connectivity index (χ0n) is 82.4. The number of carboxylic acids is 1. The molecule has 27 heteroatoms. The first-order valence-corrected chi connectivity index (χ1v) is 46.3. The molecule has 1 fully saturated rings. The third-order valence-corrected chi connectivity index (χ3v) is 23.6. The maximum Gasteiger partial charge on any atom is 1.00 e. The third kappa shape index (κ3) is 28.7. The van der Waals surface area contributed by atoms with Crippen LogP contribution in [0.3, 0.4) is 0 Å². The molecule has 0 spiro atoms. The minimum atomic E-state index is -0.953. The summed E-state index contributed by atoms with van der Waals surface area (Å²) < 4.78 is 73.4. The summed E-state index contributed by atoms with van der Waals surface area (Å²) in [7, 11) is 2.31. The fraction of sp³-hybridized carbons (Fsp3) is 0.183. The molecule has 0 unspecified atom stereocenters. The minimum absolute atomic E-state index is 0. The first kappa shape index (κ1) is 116. The van der Waals surface area contributed by atoms with Crippen LogP contribution in [0.15, 0.2) is 199 Å². The Morgan fingerprint density at radius 1 is 0.456 bits per heavy atom. The van der Waals surface area contributed by atoms with Gasteiger partial charge in [-0.25, -0.2) is 27.6 Å². The van der Waals surface area contributed by atoms with Crippen LogP contribution < -0.4 is 35.0 Å². The summed E-state index contributed by atoms with van der Waals surface area (Å²) in [5, 5.41) is 22.6. The summed E-state index contributed by atoms with van der Waals surface area (Å²) in [6.07, 6.45) is 10.2. The van der Waals surface area contributed by atoms with E-state index < -0.39 is 29.9 Å². The molecule has 2 aliphatic rings. The molecule has 2 N–H and O–H groups in total. The predicted octanol–water partition coefficient (Wildman–Crippen LogP) is 17.6. The Labute approximate surface area is 899 Å². The first-order valence-electron chi connectivity index (χ1n) is 43.9. The number of hydrogen-bond acceptors (Lipinski definition) is 15. The van der Waals surface area contributed by atoms with Gasteiger partial charge < -0.3 is 43.1 Å². The van der Waals surface area contributed by atoms with Gasteiger partial charge in [0.15, 0.2) is 0 Å². The maximum atomic E-state index is 14.2. The number of methoxy groups -OCH3 is 2. The summed E-state index contributed by atoms with van der Waals surface area (Å²) in [6, 6.07) is 52.9. The first-order chi connectivity index (χ1) is 69.0. The Kier molecular flexibility index (Phi) is 41.7. The van der Waals surface area contributed by atoms with Crippen molar-refractivity contribution < 1.29 is 96.1 Å². The zero-order chi connectivity index (χ0) is 104. The van der Waals surface area contributed by atoms with Gasteiger partial charge in [-0.1, -0.05) is 109 Å². The Morgan fingerprint density at radius 3 is 1.13 bits per heavy atom. The summed E-state index contributed by atoms with van der Waals surface area (Å²) >= 11 is 9.64. The summed E-state index contributed by atoms with van der Waals surface area (Å²) in [6.45, 7) is 27.6. The second-order valence-electron chi connectivity index (χ2n) is 34.3. The van der Waals surface area contributed by atoms with E-state index in [1.807, 2.05) is 189 Å². The van der Waals surface area contributed by atoms with Gasteiger partial charge in [-0.3, -0.25) is 14.6 Å². The molecular formula is C120H90BF3IN8NaO11S2. The van der Waals surface area contributed by atoms with Crippen LogP contribution in [0.25, 0.3) is 93.8 Å². The number of aromatic nitrogens is 7. The van der Waals surface area contributed by atoms with Crippen molar-refractivity contribution in [2.24, 2.45) is 15.8 Å². The quantitative estimate of drug-likeness (QED) is 0.0612. The number of fused-ring (bicyclic) bond motifs is 6. The van der Waals surface area contributed by atoms with Gasteiger partial charge in [-0.15, -0.1) is 6.42 Å². The number of carbonyl (C=O) groups is 5. The molecule has 14 aromatic rings. The maximum absolute atomic E-state index is 14.2. The van der Waals surface area contributed by atoms with Crippen LogP contribution in [0.5, 0.6) is 0 Å². The molecule has 0 aliphatic carbocycles. The summed E-state index contributed by atoms with van der Waals surface area (Å²) in [4.78, 5) is 64.8. The Bertz CT molecular complexity index is 8620. The number of terminal acetylenes is 1. The molecule has 0 saturated carbocycles. The third-order valence-electron chi connectivity index (χ3n) is 22.2. The van der Waals surface area contributed by atoms with Crippen molar-refractivity contribution in [3.05, 3.63) is 260 Å². The van der Waals surface area contributed by atoms with Gasteiger partial charge >= 0.3 is 54.6 Å². The predicted molar refractivity (Wildman–Crippen MR) is 584 cm³/mol. The number of hydrogen-bond donors (Lipinski definition) is 1. The van der Waals surface area contributed by atoms with Gasteiger partial charge in [0.05, 0.1) is 88.6 Å². The molecule has 9 aromatic carbocycles. The van der Waals surface area contributed by atoms with E-state index in [0.717, 1.165) is 120 Å². The Hall–Kier alpha value is -16.7. The standard InChI is InChI=1S/C31H4.C29H26FN3O3.C24H17FN2O2.C21H19FIN3O.C14H19BO4.CH4.Na.H2O.S2/c1-3-5-7-9-11-13-15-17-19-21-23-25-27-29-31-30-28-26-24-22-20-18-16-14-12-10-8-6-4-2;1-17-26(18-9-11-19(12-10-18)27(34)36-5)23-15-24-20(16-31-33(24)28(35)29(2,3)4)13-25(23)32(17)22-8-6-7-21(30)14-22;1-14-23(15-5-7-16(8-6-15)24(28)29)21-9-17-12-26-13-18(17)10-22(21)27(14)20-4-2-3-19(25)11-20;1-12-19(23)16-10-17-13(11-24-26(17)20(27)21(2,3)4)8-18(16)25(12)15-7-5-6-14(22)9-15;1-13(2)14(3,4)19-15(18-13)11-8-6-10(7-9-11)12(16)17-5;;;;1-2/h1H,2H3;6-16H,1-5H3;2-11,13H,12H2,1H3,(H,28,29);5-11H,1-4H3;6-9H,1-5H3;1H4;;1H2;/q;;;;;;+1;;/p-1. The van der Waals surface area contributed by atoms with E-state index in [1.165, 1.54) is 60.0 Å². The van der Waals surface area contributed by atoms with Gasteiger partial charge in [0.1, 0.15) is 17.5 Å². The van der Waals surface area contributed by atoms with Gasteiger partial charge in [0.2, 0.25) is 0 Å². The number of benzene rings is 9. The van der Waals surface area contributed by atoms with E-state index >= 15 is 0 Å². The second kappa shape index (κ2) is 53.0. The van der Waals surface area contributed by atoms with E-state index in [1.54, 1.807) is 73.9 Å². The molecule has 0 radical (unpaired) electrons. The number of halogens is 4. The monoisotopic (exact) mass is 2100 g/mol. The fourth-order valence-corrected chi connectivity index (χ4v) is 15.5. The number of aliphatic imine (C=N–C) groups is 1. The second-order valence-corrected chi connectivity index (χ2v) is 35.4. The van der Waals surface area contributed by atoms with Crippen LogP contribution >= 0.6 is 22.6 Å². The van der Waals surface area contributed by atoms with Crippen molar-refractivity contribution in [2.75, 3.05) is 14.2 Å². The SMILES string of the molecule is C.C#CC#CC#CC#CC#CC#CC#CC#CC#CC#CC#CC#CC#CC#CC#CC.COC(=O)c1ccc(-c2c(C)n(-c3cccc(F)c3)c3cc4cnn(C(=O)C(C)(C)C)c4cc23)cc1.COC(=O)c1ccc(B2OC(C)(C)C(C)(C)O2)cc1.Cc1c(-c2ccc(C(=O)O)cc2)c2cc3c(cc2n1-c1cccc(F)c1)C=NC3.Cc1c(I)c2cc3c(cnn3C(=O)C(C)(C)C)cc2n1-c1cccc(F)c1.S=S.[Na+].[OH-]. The van der Waals surface area contributed by atoms with Gasteiger partial charge in [-0.05, 0) is 328 Å². The Balaban J connectivity index is 0.000000224.